The Balaban J connectivity index is 2.85. The van der Waals surface area contributed by atoms with Crippen molar-refractivity contribution in [2.45, 2.75) is 40.5 Å². The van der Waals surface area contributed by atoms with E-state index in [-0.39, 0.29) is 16.8 Å². The predicted octanol–water partition coefficient (Wildman–Crippen LogP) is 2.38. The average molecular weight is 170 g/mol. The second-order valence-electron chi connectivity index (χ2n) is 4.72. The van der Waals surface area contributed by atoms with Crippen molar-refractivity contribution in [2.75, 3.05) is 6.61 Å². The van der Waals surface area contributed by atoms with Crippen LogP contribution in [0.4, 0.5) is 0 Å². The summed E-state index contributed by atoms with van der Waals surface area (Å²) in [5.41, 5.74) is 0.234. The lowest BCUT2D eigenvalue weighted by atomic mass is 9.64. The Hall–Kier alpha value is -0.530. The molecule has 0 aromatic carbocycles. The molecule has 0 N–H and O–H groups in total. The van der Waals surface area contributed by atoms with Gasteiger partial charge in [-0.15, -0.1) is 0 Å². The summed E-state index contributed by atoms with van der Waals surface area (Å²) in [6, 6.07) is 0. The molecule has 1 rings (SSSR count). The van der Waals surface area contributed by atoms with Gasteiger partial charge in [0.25, 0.3) is 0 Å². The van der Waals surface area contributed by atoms with E-state index in [1.807, 2.05) is 0 Å². The van der Waals surface area contributed by atoms with Crippen LogP contribution in [0.25, 0.3) is 0 Å². The molecule has 1 aliphatic rings. The molecule has 12 heavy (non-hydrogen) atoms. The lowest BCUT2D eigenvalue weighted by Gasteiger charge is -2.38. The van der Waals surface area contributed by atoms with Gasteiger partial charge in [-0.2, -0.15) is 0 Å². The van der Waals surface area contributed by atoms with Gasteiger partial charge < -0.3 is 4.74 Å². The summed E-state index contributed by atoms with van der Waals surface area (Å²) in [5.74, 6) is -0.0354. The molecule has 0 aromatic rings. The van der Waals surface area contributed by atoms with Crippen molar-refractivity contribution < 1.29 is 9.53 Å². The van der Waals surface area contributed by atoms with Gasteiger partial charge in [0.1, 0.15) is 0 Å². The van der Waals surface area contributed by atoms with Gasteiger partial charge >= 0.3 is 5.97 Å². The van der Waals surface area contributed by atoms with Gasteiger partial charge in [-0.3, -0.25) is 4.79 Å². The van der Waals surface area contributed by atoms with Crippen LogP contribution in [0.1, 0.15) is 40.5 Å². The largest absolute Gasteiger partial charge is 0.465 e. The van der Waals surface area contributed by atoms with Gasteiger partial charge in [-0.1, -0.05) is 27.7 Å². The first kappa shape index (κ1) is 9.56. The van der Waals surface area contributed by atoms with Gasteiger partial charge in [0.05, 0.1) is 13.0 Å². The third-order valence-electron chi connectivity index (χ3n) is 3.26. The molecular weight excluding hydrogens is 152 g/mol. The third-order valence-corrected chi connectivity index (χ3v) is 3.26. The third kappa shape index (κ3) is 1.35. The highest BCUT2D eigenvalue weighted by atomic mass is 16.5. The Labute approximate surface area is 74.3 Å². The minimum absolute atomic E-state index is 0.0354. The van der Waals surface area contributed by atoms with Crippen LogP contribution in [-0.2, 0) is 9.53 Å². The number of esters is 1. The summed E-state index contributed by atoms with van der Waals surface area (Å²) in [6.07, 6.45) is 1.61. The SMILES string of the molecule is CCC1(C(C)(C)C)COC(=O)C1. The molecule has 1 saturated heterocycles. The van der Waals surface area contributed by atoms with Crippen molar-refractivity contribution in [2.24, 2.45) is 10.8 Å². The minimum Gasteiger partial charge on any atom is -0.465 e. The lowest BCUT2D eigenvalue weighted by Crippen LogP contribution is -2.35. The summed E-state index contributed by atoms with van der Waals surface area (Å²) in [6.45, 7) is 9.27. The molecule has 0 radical (unpaired) electrons. The van der Waals surface area contributed by atoms with E-state index in [4.69, 9.17) is 4.74 Å². The second kappa shape index (κ2) is 2.75. The van der Waals surface area contributed by atoms with Crippen LogP contribution in [0, 0.1) is 10.8 Å². The number of hydrogen-bond donors (Lipinski definition) is 0. The van der Waals surface area contributed by atoms with Gasteiger partial charge in [0, 0.05) is 5.41 Å². The zero-order valence-corrected chi connectivity index (χ0v) is 8.44. The van der Waals surface area contributed by atoms with Gasteiger partial charge in [-0.25, -0.2) is 0 Å². The highest BCUT2D eigenvalue weighted by Gasteiger charge is 2.47. The molecule has 0 aromatic heterocycles. The first-order valence-corrected chi connectivity index (χ1v) is 4.57. The van der Waals surface area contributed by atoms with E-state index in [1.54, 1.807) is 0 Å². The molecular formula is C10H18O2. The fourth-order valence-corrected chi connectivity index (χ4v) is 1.84. The summed E-state index contributed by atoms with van der Waals surface area (Å²) in [5, 5.41) is 0. The number of ether oxygens (including phenoxy) is 1. The monoisotopic (exact) mass is 170 g/mol. The molecule has 1 heterocycles. The normalized spacial score (nSPS) is 30.5. The maximum absolute atomic E-state index is 11.0. The summed E-state index contributed by atoms with van der Waals surface area (Å²) in [4.78, 5) is 11.0. The maximum Gasteiger partial charge on any atom is 0.306 e. The predicted molar refractivity (Wildman–Crippen MR) is 47.8 cm³/mol. The van der Waals surface area contributed by atoms with Crippen LogP contribution in [0.3, 0.4) is 0 Å². The smallest absolute Gasteiger partial charge is 0.306 e. The summed E-state index contributed by atoms with van der Waals surface area (Å²) in [7, 11) is 0. The Kier molecular flexibility index (Phi) is 2.19. The molecule has 0 amide bonds. The second-order valence-corrected chi connectivity index (χ2v) is 4.72. The molecule has 2 nitrogen and oxygen atoms in total. The van der Waals surface area contributed by atoms with Crippen LogP contribution < -0.4 is 0 Å². The van der Waals surface area contributed by atoms with Crippen molar-refractivity contribution in [3.63, 3.8) is 0 Å². The number of cyclic esters (lactones) is 1. The highest BCUT2D eigenvalue weighted by molar-refractivity contribution is 5.72. The number of hydrogen-bond acceptors (Lipinski definition) is 2. The standard InChI is InChI=1S/C10H18O2/c1-5-10(9(2,3)4)6-8(11)12-7-10/h5-7H2,1-4H3. The molecule has 0 bridgehead atoms. The van der Waals surface area contributed by atoms with Crippen LogP contribution in [0.15, 0.2) is 0 Å². The van der Waals surface area contributed by atoms with Gasteiger partial charge in [0.15, 0.2) is 0 Å². The number of carbonyl (C=O) groups is 1. The topological polar surface area (TPSA) is 26.3 Å². The van der Waals surface area contributed by atoms with Crippen molar-refractivity contribution in [1.29, 1.82) is 0 Å². The molecule has 0 spiro atoms. The summed E-state index contributed by atoms with van der Waals surface area (Å²) < 4.78 is 5.05. The minimum atomic E-state index is -0.0354. The molecule has 1 fully saturated rings. The number of carbonyl (C=O) groups excluding carboxylic acids is 1. The van der Waals surface area contributed by atoms with Crippen molar-refractivity contribution in [3.05, 3.63) is 0 Å². The fourth-order valence-electron chi connectivity index (χ4n) is 1.84. The van der Waals surface area contributed by atoms with Crippen LogP contribution in [0.5, 0.6) is 0 Å². The Morgan fingerprint density at radius 1 is 1.50 bits per heavy atom. The Morgan fingerprint density at radius 2 is 2.08 bits per heavy atom. The van der Waals surface area contributed by atoms with Crippen LogP contribution in [-0.4, -0.2) is 12.6 Å². The first-order chi connectivity index (χ1) is 5.41. The van der Waals surface area contributed by atoms with Crippen molar-refractivity contribution in [1.82, 2.24) is 0 Å². The van der Waals surface area contributed by atoms with Crippen LogP contribution >= 0.6 is 0 Å². The van der Waals surface area contributed by atoms with E-state index >= 15 is 0 Å². The Bertz CT molecular complexity index is 191. The van der Waals surface area contributed by atoms with Gasteiger partial charge in [0.2, 0.25) is 0 Å². The highest BCUT2D eigenvalue weighted by Crippen LogP contribution is 2.47. The average Bonchev–Trinajstić information content (AvgIpc) is 2.31. The number of rotatable bonds is 1. The van der Waals surface area contributed by atoms with Crippen molar-refractivity contribution in [3.8, 4) is 0 Å². The maximum atomic E-state index is 11.0. The van der Waals surface area contributed by atoms with E-state index in [2.05, 4.69) is 27.7 Å². The first-order valence-electron chi connectivity index (χ1n) is 4.57. The zero-order chi connectivity index (χ0) is 9.41. The van der Waals surface area contributed by atoms with E-state index in [0.29, 0.717) is 13.0 Å². The van der Waals surface area contributed by atoms with E-state index < -0.39 is 0 Å². The fraction of sp³-hybridized carbons (Fsp3) is 0.900. The Morgan fingerprint density at radius 3 is 2.25 bits per heavy atom. The zero-order valence-electron chi connectivity index (χ0n) is 8.44. The summed E-state index contributed by atoms with van der Waals surface area (Å²) >= 11 is 0. The molecule has 0 aliphatic carbocycles. The van der Waals surface area contributed by atoms with E-state index in [9.17, 15) is 4.79 Å². The molecule has 1 unspecified atom stereocenters. The van der Waals surface area contributed by atoms with E-state index in [1.165, 1.54) is 0 Å². The van der Waals surface area contributed by atoms with E-state index in [0.717, 1.165) is 6.42 Å². The van der Waals surface area contributed by atoms with Crippen LogP contribution in [0.2, 0.25) is 0 Å². The van der Waals surface area contributed by atoms with Gasteiger partial charge in [-0.05, 0) is 11.8 Å². The lowest BCUT2D eigenvalue weighted by molar-refractivity contribution is -0.137. The van der Waals surface area contributed by atoms with Crippen molar-refractivity contribution >= 4 is 5.97 Å². The molecule has 70 valence electrons. The molecule has 1 atom stereocenters. The molecule has 1 aliphatic heterocycles. The molecule has 0 saturated carbocycles. The molecule has 2 heteroatoms. The quantitative estimate of drug-likeness (QED) is 0.565.